The van der Waals surface area contributed by atoms with Crippen molar-refractivity contribution in [1.29, 1.82) is 0 Å². The monoisotopic (exact) mass is 300 g/mol. The number of likely N-dealkylation sites (N-methyl/N-ethyl adjacent to an activating group) is 1. The van der Waals surface area contributed by atoms with E-state index in [0.717, 1.165) is 5.56 Å². The molecule has 0 amide bonds. The average Bonchev–Trinajstić information content (AvgIpc) is 2.35. The summed E-state index contributed by atoms with van der Waals surface area (Å²) in [5.41, 5.74) is 5.56. The molecule has 1 aromatic carbocycles. The van der Waals surface area contributed by atoms with Gasteiger partial charge in [0.1, 0.15) is 0 Å². The van der Waals surface area contributed by atoms with Crippen LogP contribution in [-0.2, 0) is 16.4 Å². The van der Waals surface area contributed by atoms with Crippen molar-refractivity contribution < 1.29 is 13.5 Å². The van der Waals surface area contributed by atoms with Crippen LogP contribution in [0.2, 0.25) is 0 Å². The Labute approximate surface area is 121 Å². The molecule has 0 unspecified atom stereocenters. The van der Waals surface area contributed by atoms with E-state index in [1.807, 2.05) is 4.90 Å². The van der Waals surface area contributed by atoms with Gasteiger partial charge in [-0.1, -0.05) is 12.1 Å². The van der Waals surface area contributed by atoms with Crippen molar-refractivity contribution in [3.63, 3.8) is 0 Å². The molecule has 6 heteroatoms. The van der Waals surface area contributed by atoms with Crippen LogP contribution < -0.4 is 5.73 Å². The first-order chi connectivity index (χ1) is 9.14. The molecule has 20 heavy (non-hydrogen) atoms. The van der Waals surface area contributed by atoms with Gasteiger partial charge >= 0.3 is 0 Å². The Morgan fingerprint density at radius 1 is 1.25 bits per heavy atom. The lowest BCUT2D eigenvalue weighted by molar-refractivity contribution is 0.0463. The third-order valence-corrected chi connectivity index (χ3v) is 4.63. The molecule has 0 saturated heterocycles. The number of aliphatic hydroxyl groups is 1. The lowest BCUT2D eigenvalue weighted by atomic mass is 10.1. The molecule has 0 atom stereocenters. The molecular weight excluding hydrogens is 276 g/mol. The molecule has 0 aliphatic carbocycles. The van der Waals surface area contributed by atoms with E-state index in [4.69, 9.17) is 5.73 Å². The van der Waals surface area contributed by atoms with E-state index >= 15 is 0 Å². The van der Waals surface area contributed by atoms with Crippen molar-refractivity contribution in [3.05, 3.63) is 29.8 Å². The highest BCUT2D eigenvalue weighted by Crippen LogP contribution is 2.13. The number of nitrogens with zero attached hydrogens (tertiary/aromatic N) is 1. The summed E-state index contributed by atoms with van der Waals surface area (Å²) in [7, 11) is -1.50. The molecule has 1 rings (SSSR count). The van der Waals surface area contributed by atoms with Gasteiger partial charge in [-0.15, -0.1) is 0 Å². The summed E-state index contributed by atoms with van der Waals surface area (Å²) in [6.45, 7) is 4.60. The quantitative estimate of drug-likeness (QED) is 0.771. The van der Waals surface area contributed by atoms with Crippen LogP contribution in [0.25, 0.3) is 0 Å². The predicted molar refractivity (Wildman–Crippen MR) is 80.2 cm³/mol. The molecule has 5 nitrogen and oxygen atoms in total. The summed E-state index contributed by atoms with van der Waals surface area (Å²) < 4.78 is 24.4. The highest BCUT2D eigenvalue weighted by atomic mass is 32.2. The summed E-state index contributed by atoms with van der Waals surface area (Å²) in [4.78, 5) is 2.12. The first-order valence-corrected chi connectivity index (χ1v) is 8.22. The number of hydrogen-bond donors (Lipinski definition) is 2. The molecule has 0 aromatic heterocycles. The van der Waals surface area contributed by atoms with Crippen LogP contribution in [0.1, 0.15) is 19.4 Å². The van der Waals surface area contributed by atoms with Crippen LogP contribution in [0.5, 0.6) is 0 Å². The maximum Gasteiger partial charge on any atom is 0.179 e. The van der Waals surface area contributed by atoms with Gasteiger partial charge in [-0.2, -0.15) is 0 Å². The van der Waals surface area contributed by atoms with Gasteiger partial charge in [0.15, 0.2) is 9.84 Å². The standard InChI is InChI=1S/C14H24N2O3S/c1-14(2,17)11-16(3)8-9-20(18,19)13-6-4-12(10-15)5-7-13/h4-7,17H,8-11,15H2,1-3H3. The molecule has 0 aliphatic heterocycles. The Hall–Kier alpha value is -0.950. The third kappa shape index (κ3) is 5.58. The van der Waals surface area contributed by atoms with Gasteiger partial charge in [0.25, 0.3) is 0 Å². The van der Waals surface area contributed by atoms with Gasteiger partial charge in [-0.05, 0) is 38.6 Å². The van der Waals surface area contributed by atoms with Crippen molar-refractivity contribution >= 4 is 9.84 Å². The van der Waals surface area contributed by atoms with E-state index < -0.39 is 15.4 Å². The van der Waals surface area contributed by atoms with Gasteiger partial charge < -0.3 is 15.7 Å². The lowest BCUT2D eigenvalue weighted by Crippen LogP contribution is -2.38. The van der Waals surface area contributed by atoms with E-state index in [2.05, 4.69) is 0 Å². The van der Waals surface area contributed by atoms with Crippen molar-refractivity contribution in [1.82, 2.24) is 4.90 Å². The van der Waals surface area contributed by atoms with Crippen molar-refractivity contribution in [2.24, 2.45) is 5.73 Å². The molecular formula is C14H24N2O3S. The van der Waals surface area contributed by atoms with Gasteiger partial charge in [0.05, 0.1) is 16.2 Å². The maximum absolute atomic E-state index is 12.2. The van der Waals surface area contributed by atoms with Gasteiger partial charge in [-0.25, -0.2) is 8.42 Å². The van der Waals surface area contributed by atoms with E-state index in [-0.39, 0.29) is 5.75 Å². The molecule has 0 spiro atoms. The number of hydrogen-bond acceptors (Lipinski definition) is 5. The molecule has 0 fully saturated rings. The second-order valence-corrected chi connectivity index (χ2v) is 7.83. The van der Waals surface area contributed by atoms with Gasteiger partial charge in [-0.3, -0.25) is 0 Å². The maximum atomic E-state index is 12.2. The minimum atomic E-state index is -3.30. The van der Waals surface area contributed by atoms with Crippen molar-refractivity contribution in [2.45, 2.75) is 30.9 Å². The van der Waals surface area contributed by atoms with Crippen LogP contribution >= 0.6 is 0 Å². The fraction of sp³-hybridized carbons (Fsp3) is 0.571. The molecule has 3 N–H and O–H groups in total. The Morgan fingerprint density at radius 3 is 2.25 bits per heavy atom. The first-order valence-electron chi connectivity index (χ1n) is 6.57. The van der Waals surface area contributed by atoms with Gasteiger partial charge in [0.2, 0.25) is 0 Å². The Kier molecular flexibility index (Phi) is 5.70. The molecule has 0 saturated carbocycles. The van der Waals surface area contributed by atoms with E-state index in [9.17, 15) is 13.5 Å². The van der Waals surface area contributed by atoms with Crippen LogP contribution in [0.3, 0.4) is 0 Å². The molecule has 0 radical (unpaired) electrons. The zero-order chi connectivity index (χ0) is 15.4. The normalized spacial score (nSPS) is 12.9. The number of sulfone groups is 1. The van der Waals surface area contributed by atoms with Crippen molar-refractivity contribution in [3.8, 4) is 0 Å². The Bertz CT molecular complexity index is 518. The number of rotatable bonds is 7. The zero-order valence-electron chi connectivity index (χ0n) is 12.3. The minimum absolute atomic E-state index is 0.0293. The van der Waals surface area contributed by atoms with Crippen LogP contribution in [0, 0.1) is 0 Å². The van der Waals surface area contributed by atoms with E-state index in [0.29, 0.717) is 24.5 Å². The van der Waals surface area contributed by atoms with Crippen LogP contribution in [0.15, 0.2) is 29.2 Å². The summed E-state index contributed by atoms with van der Waals surface area (Å²) in [5, 5.41) is 9.69. The van der Waals surface area contributed by atoms with E-state index in [1.54, 1.807) is 45.2 Å². The molecule has 0 aliphatic rings. The largest absolute Gasteiger partial charge is 0.389 e. The highest BCUT2D eigenvalue weighted by Gasteiger charge is 2.19. The first kappa shape index (κ1) is 17.1. The summed E-state index contributed by atoms with van der Waals surface area (Å²) in [6.07, 6.45) is 0. The third-order valence-electron chi connectivity index (χ3n) is 2.92. The van der Waals surface area contributed by atoms with E-state index in [1.165, 1.54) is 0 Å². The average molecular weight is 300 g/mol. The Balaban J connectivity index is 2.65. The van der Waals surface area contributed by atoms with Crippen LogP contribution in [0.4, 0.5) is 0 Å². The zero-order valence-corrected chi connectivity index (χ0v) is 13.2. The van der Waals surface area contributed by atoms with Gasteiger partial charge in [0, 0.05) is 19.6 Å². The summed E-state index contributed by atoms with van der Waals surface area (Å²) >= 11 is 0. The summed E-state index contributed by atoms with van der Waals surface area (Å²) in [6, 6.07) is 6.64. The molecule has 0 bridgehead atoms. The molecule has 114 valence electrons. The van der Waals surface area contributed by atoms with Crippen molar-refractivity contribution in [2.75, 3.05) is 25.9 Å². The number of nitrogens with two attached hydrogens (primary N) is 1. The Morgan fingerprint density at radius 2 is 1.80 bits per heavy atom. The second-order valence-electron chi connectivity index (χ2n) is 5.72. The smallest absolute Gasteiger partial charge is 0.179 e. The highest BCUT2D eigenvalue weighted by molar-refractivity contribution is 7.91. The fourth-order valence-corrected chi connectivity index (χ4v) is 3.30. The summed E-state index contributed by atoms with van der Waals surface area (Å²) in [5.74, 6) is 0.0293. The van der Waals surface area contributed by atoms with Crippen LogP contribution in [-0.4, -0.2) is 49.9 Å². The molecule has 0 heterocycles. The minimum Gasteiger partial charge on any atom is -0.389 e. The number of benzene rings is 1. The topological polar surface area (TPSA) is 83.6 Å². The molecule has 1 aromatic rings. The fourth-order valence-electron chi connectivity index (χ4n) is 1.97. The second kappa shape index (κ2) is 6.67. The predicted octanol–water partition coefficient (Wildman–Crippen LogP) is 0.622. The SMILES string of the molecule is CN(CCS(=O)(=O)c1ccc(CN)cc1)CC(C)(C)O. The lowest BCUT2D eigenvalue weighted by Gasteiger charge is -2.25.